The second-order valence-corrected chi connectivity index (χ2v) is 5.26. The van der Waals surface area contributed by atoms with Gasteiger partial charge >= 0.3 is 12.4 Å². The van der Waals surface area contributed by atoms with Gasteiger partial charge in [-0.3, -0.25) is 0 Å². The summed E-state index contributed by atoms with van der Waals surface area (Å²) in [4.78, 5) is 13.0. The van der Waals surface area contributed by atoms with Crippen molar-refractivity contribution in [3.05, 3.63) is 23.0 Å². The molecule has 0 aliphatic heterocycles. The number of nitrogens with two attached hydrogens (primary N) is 1. The van der Waals surface area contributed by atoms with Gasteiger partial charge in [-0.15, -0.1) is 5.10 Å². The number of alkyl halides is 6. The highest BCUT2D eigenvalue weighted by atomic mass is 35.5. The van der Waals surface area contributed by atoms with Gasteiger partial charge in [0.2, 0.25) is 16.9 Å². The summed E-state index contributed by atoms with van der Waals surface area (Å²) in [6.45, 7) is 0. The smallest absolute Gasteiger partial charge is 0.451 e. The first-order valence-corrected chi connectivity index (χ1v) is 7.08. The predicted octanol–water partition coefficient (Wildman–Crippen LogP) is 2.89. The Kier molecular flexibility index (Phi) is 4.25. The minimum Gasteiger partial charge on any atom is -0.491 e. The van der Waals surface area contributed by atoms with Crippen molar-refractivity contribution in [2.24, 2.45) is 0 Å². The lowest BCUT2D eigenvalue weighted by molar-refractivity contribution is -0.151. The first-order valence-electron chi connectivity index (χ1n) is 6.71. The van der Waals surface area contributed by atoms with E-state index in [4.69, 9.17) is 22.1 Å². The maximum absolute atomic E-state index is 13.3. The summed E-state index contributed by atoms with van der Waals surface area (Å²) in [6.07, 6.45) is -9.41. The molecule has 2 N–H and O–H groups in total. The Morgan fingerprint density at radius 3 is 2.30 bits per heavy atom. The number of ether oxygens (including phenoxy) is 1. The molecule has 3 heterocycles. The molecule has 0 spiro atoms. The molecule has 0 saturated heterocycles. The third kappa shape index (κ3) is 3.27. The highest BCUT2D eigenvalue weighted by Crippen LogP contribution is 2.39. The summed E-state index contributed by atoms with van der Waals surface area (Å²) >= 11 is 5.65. The molecule has 8 nitrogen and oxygen atoms in total. The highest BCUT2D eigenvalue weighted by Gasteiger charge is 2.43. The van der Waals surface area contributed by atoms with Gasteiger partial charge in [0, 0.05) is 0 Å². The number of hydrogen-bond acceptors (Lipinski definition) is 7. The highest BCUT2D eigenvalue weighted by molar-refractivity contribution is 6.28. The molecule has 0 aliphatic carbocycles. The second-order valence-electron chi connectivity index (χ2n) is 4.92. The molecule has 0 atom stereocenters. The van der Waals surface area contributed by atoms with Crippen molar-refractivity contribution < 1.29 is 31.1 Å². The Morgan fingerprint density at radius 1 is 1.07 bits per heavy atom. The van der Waals surface area contributed by atoms with Crippen LogP contribution in [-0.4, -0.2) is 36.8 Å². The standard InChI is InChI=1S/C12H6ClF6N7O/c1-27-3-2-21-10(13)24-8(3)26-6(20)4-5(11(14,15)16)22-9(12(17,18)19)23-7(4)25-26/h2H,20H2,1H3. The first kappa shape index (κ1) is 18.9. The van der Waals surface area contributed by atoms with Crippen molar-refractivity contribution in [3.63, 3.8) is 0 Å². The Hall–Kier alpha value is -2.90. The normalized spacial score (nSPS) is 12.6. The van der Waals surface area contributed by atoms with Gasteiger partial charge < -0.3 is 10.5 Å². The lowest BCUT2D eigenvalue weighted by atomic mass is 10.2. The number of methoxy groups -OCH3 is 1. The number of hydrogen-bond donors (Lipinski definition) is 1. The van der Waals surface area contributed by atoms with Gasteiger partial charge in [0.1, 0.15) is 5.82 Å². The molecule has 0 fully saturated rings. The topological polar surface area (TPSA) is 105 Å². The number of nitrogens with zero attached hydrogens (tertiary/aromatic N) is 6. The molecule has 0 unspecified atom stereocenters. The van der Waals surface area contributed by atoms with Crippen molar-refractivity contribution in [3.8, 4) is 11.6 Å². The molecule has 3 aromatic heterocycles. The van der Waals surface area contributed by atoms with Crippen molar-refractivity contribution in [2.45, 2.75) is 12.4 Å². The Morgan fingerprint density at radius 2 is 1.74 bits per heavy atom. The molecule has 3 rings (SSSR count). The Bertz CT molecular complexity index is 1030. The van der Waals surface area contributed by atoms with E-state index < -0.39 is 40.7 Å². The summed E-state index contributed by atoms with van der Waals surface area (Å²) < 4.78 is 84.0. The van der Waals surface area contributed by atoms with Crippen LogP contribution in [0.25, 0.3) is 16.9 Å². The van der Waals surface area contributed by atoms with Crippen LogP contribution in [0.2, 0.25) is 5.28 Å². The molecule has 15 heteroatoms. The maximum atomic E-state index is 13.3. The molecule has 144 valence electrons. The van der Waals surface area contributed by atoms with Crippen LogP contribution in [0.1, 0.15) is 11.5 Å². The molecule has 3 aromatic rings. The fourth-order valence-corrected chi connectivity index (χ4v) is 2.27. The molecule has 0 aromatic carbocycles. The number of rotatable bonds is 2. The SMILES string of the molecule is COc1cnc(Cl)nc1-n1nc2nc(C(F)(F)F)nc(C(F)(F)F)c2c1N. The fourth-order valence-electron chi connectivity index (χ4n) is 2.14. The molecular formula is C12H6ClF6N7O. The van der Waals surface area contributed by atoms with E-state index in [1.54, 1.807) is 0 Å². The summed E-state index contributed by atoms with van der Waals surface area (Å²) in [5.41, 5.74) is 2.86. The van der Waals surface area contributed by atoms with Crippen molar-refractivity contribution >= 4 is 28.5 Å². The van der Waals surface area contributed by atoms with Gasteiger partial charge in [0.25, 0.3) is 0 Å². The van der Waals surface area contributed by atoms with Crippen LogP contribution >= 0.6 is 11.6 Å². The first-order chi connectivity index (χ1) is 12.4. The third-order valence-corrected chi connectivity index (χ3v) is 3.40. The van der Waals surface area contributed by atoms with Gasteiger partial charge in [0.05, 0.1) is 18.7 Å². The van der Waals surface area contributed by atoms with Gasteiger partial charge in [0.15, 0.2) is 17.1 Å². The fraction of sp³-hybridized carbons (Fsp3) is 0.250. The molecule has 0 amide bonds. The van der Waals surface area contributed by atoms with Gasteiger partial charge in [-0.05, 0) is 11.6 Å². The number of anilines is 1. The lowest BCUT2D eigenvalue weighted by Crippen LogP contribution is -2.17. The molecule has 0 radical (unpaired) electrons. The van der Waals surface area contributed by atoms with Crippen molar-refractivity contribution in [1.82, 2.24) is 29.7 Å². The van der Waals surface area contributed by atoms with Crippen molar-refractivity contribution in [2.75, 3.05) is 12.8 Å². The van der Waals surface area contributed by atoms with Crippen LogP contribution in [0, 0.1) is 0 Å². The van der Waals surface area contributed by atoms with E-state index in [9.17, 15) is 26.3 Å². The van der Waals surface area contributed by atoms with E-state index >= 15 is 0 Å². The van der Waals surface area contributed by atoms with E-state index in [2.05, 4.69) is 25.0 Å². The molecule has 27 heavy (non-hydrogen) atoms. The number of fused-ring (bicyclic) bond motifs is 1. The average molecular weight is 414 g/mol. The van der Waals surface area contributed by atoms with E-state index in [0.717, 1.165) is 6.20 Å². The minimum absolute atomic E-state index is 0.100. The van der Waals surface area contributed by atoms with Crippen LogP contribution in [0.3, 0.4) is 0 Å². The summed E-state index contributed by atoms with van der Waals surface area (Å²) in [5.74, 6) is -3.12. The molecular weight excluding hydrogens is 408 g/mol. The zero-order valence-corrected chi connectivity index (χ0v) is 13.6. The maximum Gasteiger partial charge on any atom is 0.451 e. The summed E-state index contributed by atoms with van der Waals surface area (Å²) in [6, 6.07) is 0. The van der Waals surface area contributed by atoms with Crippen LogP contribution in [0.15, 0.2) is 6.20 Å². The number of halogens is 7. The van der Waals surface area contributed by atoms with Gasteiger partial charge in [-0.2, -0.15) is 36.0 Å². The largest absolute Gasteiger partial charge is 0.491 e. The third-order valence-electron chi connectivity index (χ3n) is 3.22. The van der Waals surface area contributed by atoms with Crippen LogP contribution in [0.4, 0.5) is 32.2 Å². The van der Waals surface area contributed by atoms with E-state index in [0.29, 0.717) is 4.68 Å². The van der Waals surface area contributed by atoms with Gasteiger partial charge in [-0.25, -0.2) is 15.0 Å². The minimum atomic E-state index is -5.25. The zero-order chi connectivity index (χ0) is 20.1. The van der Waals surface area contributed by atoms with Crippen molar-refractivity contribution in [1.29, 1.82) is 0 Å². The van der Waals surface area contributed by atoms with E-state index in [-0.39, 0.29) is 16.9 Å². The monoisotopic (exact) mass is 413 g/mol. The number of nitrogen functional groups attached to an aromatic ring is 1. The van der Waals surface area contributed by atoms with Crippen LogP contribution in [-0.2, 0) is 12.4 Å². The lowest BCUT2D eigenvalue weighted by Gasteiger charge is -2.11. The molecule has 0 aliphatic rings. The summed E-state index contributed by atoms with van der Waals surface area (Å²) in [5, 5.41) is 2.34. The second kappa shape index (κ2) is 6.07. The Balaban J connectivity index is 2.40. The van der Waals surface area contributed by atoms with Gasteiger partial charge in [-0.1, -0.05) is 0 Å². The molecule has 0 bridgehead atoms. The molecule has 0 saturated carbocycles. The zero-order valence-electron chi connectivity index (χ0n) is 12.9. The number of aromatic nitrogens is 6. The van der Waals surface area contributed by atoms with Crippen LogP contribution in [0.5, 0.6) is 5.75 Å². The van der Waals surface area contributed by atoms with E-state index in [1.807, 2.05) is 0 Å². The average Bonchev–Trinajstić information content (AvgIpc) is 2.89. The van der Waals surface area contributed by atoms with E-state index in [1.165, 1.54) is 7.11 Å². The predicted molar refractivity (Wildman–Crippen MR) is 78.2 cm³/mol. The summed E-state index contributed by atoms with van der Waals surface area (Å²) in [7, 11) is 1.19. The van der Waals surface area contributed by atoms with Crippen LogP contribution < -0.4 is 10.5 Å². The Labute approximate surface area is 150 Å². The quantitative estimate of drug-likeness (QED) is 0.508.